The number of rotatable bonds is 3. The largest absolute Gasteiger partial charge is 0.504 e. The Morgan fingerprint density at radius 1 is 0.938 bits per heavy atom. The minimum Gasteiger partial charge on any atom is -0.504 e. The number of hydrogen-bond donors (Lipinski definition) is 3. The Hall–Kier alpha value is -3.61. The van der Waals surface area contributed by atoms with Gasteiger partial charge in [-0.25, -0.2) is 4.98 Å². The first kappa shape index (κ1) is 19.1. The quantitative estimate of drug-likeness (QED) is 0.357. The van der Waals surface area contributed by atoms with Gasteiger partial charge in [0.1, 0.15) is 11.4 Å². The van der Waals surface area contributed by atoms with E-state index in [0.29, 0.717) is 22.2 Å². The van der Waals surface area contributed by atoms with Gasteiger partial charge in [0.05, 0.1) is 11.0 Å². The summed E-state index contributed by atoms with van der Waals surface area (Å²) in [5.74, 6) is 0.710. The van der Waals surface area contributed by atoms with Gasteiger partial charge in [-0.2, -0.15) is 5.10 Å². The summed E-state index contributed by atoms with van der Waals surface area (Å²) in [5.41, 5.74) is 8.39. The highest BCUT2D eigenvalue weighted by atomic mass is 35.5. The predicted molar refractivity (Wildman–Crippen MR) is 126 cm³/mol. The van der Waals surface area contributed by atoms with E-state index in [1.807, 2.05) is 55.6 Å². The first-order valence-electron chi connectivity index (χ1n) is 10.4. The summed E-state index contributed by atoms with van der Waals surface area (Å²) in [5, 5.41) is 19.7. The van der Waals surface area contributed by atoms with Crippen LogP contribution in [0.3, 0.4) is 0 Å². The lowest BCUT2D eigenvalue weighted by Crippen LogP contribution is -1.99. The molecule has 0 atom stereocenters. The van der Waals surface area contributed by atoms with Crippen molar-refractivity contribution in [3.05, 3.63) is 76.8 Å². The molecule has 3 aromatic carbocycles. The molecule has 0 radical (unpaired) electrons. The topological polar surface area (TPSA) is 78.8 Å². The lowest BCUT2D eigenvalue weighted by atomic mass is 10.0. The Bertz CT molecular complexity index is 1440. The highest BCUT2D eigenvalue weighted by Crippen LogP contribution is 2.38. The second-order valence-electron chi connectivity index (χ2n) is 8.08. The van der Waals surface area contributed by atoms with E-state index in [1.54, 1.807) is 4.68 Å². The van der Waals surface area contributed by atoms with Crippen molar-refractivity contribution < 1.29 is 5.11 Å². The van der Waals surface area contributed by atoms with Gasteiger partial charge >= 0.3 is 0 Å². The van der Waals surface area contributed by atoms with E-state index >= 15 is 0 Å². The van der Waals surface area contributed by atoms with Gasteiger partial charge in [0.25, 0.3) is 0 Å². The van der Waals surface area contributed by atoms with Gasteiger partial charge < -0.3 is 15.4 Å². The zero-order valence-corrected chi connectivity index (χ0v) is 18.1. The van der Waals surface area contributed by atoms with Crippen LogP contribution in [0.5, 0.6) is 5.75 Å². The molecular weight excluding hydrogens is 422 g/mol. The Balaban J connectivity index is 1.38. The third-order valence-corrected chi connectivity index (χ3v) is 6.23. The molecule has 3 heterocycles. The molecule has 158 valence electrons. The molecule has 1 aliphatic heterocycles. The summed E-state index contributed by atoms with van der Waals surface area (Å²) in [4.78, 5) is 8.09. The molecular formula is C25H20ClN5O. The molecule has 2 aromatic heterocycles. The molecule has 6 rings (SSSR count). The average Bonchev–Trinajstić information content (AvgIpc) is 3.48. The summed E-state index contributed by atoms with van der Waals surface area (Å²) in [7, 11) is 1.82. The molecule has 7 heteroatoms. The normalized spacial score (nSPS) is 13.1. The van der Waals surface area contributed by atoms with Crippen molar-refractivity contribution in [2.75, 3.05) is 0 Å². The molecule has 0 bridgehead atoms. The number of halogens is 1. The number of H-pyrrole nitrogens is 1. The number of aromatic nitrogens is 4. The van der Waals surface area contributed by atoms with Crippen molar-refractivity contribution in [1.82, 2.24) is 25.1 Å². The summed E-state index contributed by atoms with van der Waals surface area (Å²) < 4.78 is 1.67. The number of fused-ring (bicyclic) bond motifs is 2. The number of aromatic amines is 1. The van der Waals surface area contributed by atoms with Crippen LogP contribution in [-0.2, 0) is 20.1 Å². The summed E-state index contributed by atoms with van der Waals surface area (Å²) >= 11 is 6.12. The van der Waals surface area contributed by atoms with E-state index < -0.39 is 0 Å². The maximum absolute atomic E-state index is 11.1. The summed E-state index contributed by atoms with van der Waals surface area (Å²) in [6.07, 6.45) is 0. The first-order valence-corrected chi connectivity index (χ1v) is 10.8. The standard InChI is InChI=1S/C25H20ClN5O/c1-31-23(25-28-20-10-17-12-27-13-18(17)11-21(20)29-25)24(32)22(30-31)15-7-5-14(6-8-15)16-3-2-4-19(26)9-16/h2-11,27,32H,12-13H2,1H3,(H,28,29). The second kappa shape index (κ2) is 7.22. The molecule has 3 N–H and O–H groups in total. The third kappa shape index (κ3) is 3.07. The summed E-state index contributed by atoms with van der Waals surface area (Å²) in [6, 6.07) is 19.9. The summed E-state index contributed by atoms with van der Waals surface area (Å²) in [6.45, 7) is 1.73. The van der Waals surface area contributed by atoms with Crippen molar-refractivity contribution in [2.45, 2.75) is 13.1 Å². The Kier molecular flexibility index (Phi) is 4.31. The first-order chi connectivity index (χ1) is 15.6. The van der Waals surface area contributed by atoms with Crippen molar-refractivity contribution in [3.63, 3.8) is 0 Å². The minimum absolute atomic E-state index is 0.108. The van der Waals surface area contributed by atoms with E-state index in [9.17, 15) is 5.11 Å². The highest BCUT2D eigenvalue weighted by molar-refractivity contribution is 6.30. The van der Waals surface area contributed by atoms with E-state index in [-0.39, 0.29) is 5.75 Å². The Labute approximate surface area is 189 Å². The Morgan fingerprint density at radius 2 is 1.69 bits per heavy atom. The number of aryl methyl sites for hydroxylation is 1. The lowest BCUT2D eigenvalue weighted by Gasteiger charge is -2.04. The lowest BCUT2D eigenvalue weighted by molar-refractivity contribution is 0.478. The molecule has 32 heavy (non-hydrogen) atoms. The van der Waals surface area contributed by atoms with Crippen LogP contribution in [0.4, 0.5) is 0 Å². The zero-order chi connectivity index (χ0) is 21.8. The molecule has 0 saturated heterocycles. The second-order valence-corrected chi connectivity index (χ2v) is 8.52. The molecule has 0 saturated carbocycles. The van der Waals surface area contributed by atoms with Gasteiger partial charge in [0.2, 0.25) is 0 Å². The molecule has 0 unspecified atom stereocenters. The SMILES string of the molecule is Cn1nc(-c2ccc(-c3cccc(Cl)c3)cc2)c(O)c1-c1nc2cc3c(cc2[nH]1)CNC3. The van der Waals surface area contributed by atoms with Crippen molar-refractivity contribution in [3.8, 4) is 39.7 Å². The van der Waals surface area contributed by atoms with Gasteiger partial charge in [0.15, 0.2) is 11.6 Å². The smallest absolute Gasteiger partial charge is 0.173 e. The molecule has 0 fully saturated rings. The van der Waals surface area contributed by atoms with Crippen LogP contribution in [0.25, 0.3) is 44.9 Å². The van der Waals surface area contributed by atoms with Crippen LogP contribution in [0.15, 0.2) is 60.7 Å². The van der Waals surface area contributed by atoms with Crippen molar-refractivity contribution in [2.24, 2.45) is 7.05 Å². The number of nitrogens with zero attached hydrogens (tertiary/aromatic N) is 3. The zero-order valence-electron chi connectivity index (χ0n) is 17.4. The van der Waals surface area contributed by atoms with Gasteiger partial charge in [0, 0.05) is 30.7 Å². The van der Waals surface area contributed by atoms with Crippen molar-refractivity contribution in [1.29, 1.82) is 0 Å². The number of aromatic hydroxyl groups is 1. The number of nitrogens with one attached hydrogen (secondary N) is 2. The number of imidazole rings is 1. The van der Waals surface area contributed by atoms with Crippen LogP contribution in [0.1, 0.15) is 11.1 Å². The fourth-order valence-corrected chi connectivity index (χ4v) is 4.57. The van der Waals surface area contributed by atoms with Crippen LogP contribution in [0.2, 0.25) is 5.02 Å². The van der Waals surface area contributed by atoms with Gasteiger partial charge in [-0.15, -0.1) is 0 Å². The van der Waals surface area contributed by atoms with Gasteiger partial charge in [-0.05, 0) is 46.5 Å². The van der Waals surface area contributed by atoms with Crippen LogP contribution in [-0.4, -0.2) is 24.9 Å². The maximum atomic E-state index is 11.1. The third-order valence-electron chi connectivity index (χ3n) is 6.00. The minimum atomic E-state index is 0.108. The predicted octanol–water partition coefficient (Wildman–Crippen LogP) is 5.26. The monoisotopic (exact) mass is 441 g/mol. The fraction of sp³-hybridized carbons (Fsp3) is 0.120. The van der Waals surface area contributed by atoms with E-state index in [2.05, 4.69) is 27.5 Å². The molecule has 0 amide bonds. The molecule has 1 aliphatic rings. The van der Waals surface area contributed by atoms with Gasteiger partial charge in [-0.3, -0.25) is 4.68 Å². The number of benzene rings is 3. The highest BCUT2D eigenvalue weighted by Gasteiger charge is 2.22. The number of hydrogen-bond acceptors (Lipinski definition) is 4. The fourth-order valence-electron chi connectivity index (χ4n) is 4.38. The average molecular weight is 442 g/mol. The Morgan fingerprint density at radius 3 is 2.47 bits per heavy atom. The van der Waals surface area contributed by atoms with Crippen LogP contribution < -0.4 is 5.32 Å². The maximum Gasteiger partial charge on any atom is 0.173 e. The molecule has 0 aliphatic carbocycles. The molecule has 6 nitrogen and oxygen atoms in total. The van der Waals surface area contributed by atoms with Crippen LogP contribution in [0, 0.1) is 0 Å². The van der Waals surface area contributed by atoms with E-state index in [4.69, 9.17) is 16.6 Å². The molecule has 0 spiro atoms. The molecule has 5 aromatic rings. The van der Waals surface area contributed by atoms with E-state index in [0.717, 1.165) is 40.8 Å². The van der Waals surface area contributed by atoms with Crippen molar-refractivity contribution >= 4 is 22.6 Å². The van der Waals surface area contributed by atoms with E-state index in [1.165, 1.54) is 11.1 Å². The van der Waals surface area contributed by atoms with Gasteiger partial charge in [-0.1, -0.05) is 48.0 Å². The van der Waals surface area contributed by atoms with Crippen LogP contribution >= 0.6 is 11.6 Å².